The summed E-state index contributed by atoms with van der Waals surface area (Å²) >= 11 is 0. The molecule has 0 aliphatic rings. The largest absolute Gasteiger partial charge is 0.476 e. The minimum atomic E-state index is -1.09. The molecule has 0 aliphatic carbocycles. The lowest BCUT2D eigenvalue weighted by atomic mass is 9.95. The number of benzene rings is 1. The summed E-state index contributed by atoms with van der Waals surface area (Å²) in [6.45, 7) is 13.1. The van der Waals surface area contributed by atoms with Crippen molar-refractivity contribution < 1.29 is 23.8 Å². The first kappa shape index (κ1) is 23.0. The zero-order chi connectivity index (χ0) is 20.7. The second-order valence-electron chi connectivity index (χ2n) is 8.20. The summed E-state index contributed by atoms with van der Waals surface area (Å²) in [7, 11) is 0. The average Bonchev–Trinajstić information content (AvgIpc) is 2.54. The van der Waals surface area contributed by atoms with Gasteiger partial charge in [-0.2, -0.15) is 0 Å². The van der Waals surface area contributed by atoms with Crippen LogP contribution in [0.15, 0.2) is 24.3 Å². The van der Waals surface area contributed by atoms with Crippen LogP contribution in [0.25, 0.3) is 0 Å². The van der Waals surface area contributed by atoms with Crippen LogP contribution in [0.2, 0.25) is 0 Å². The lowest BCUT2D eigenvalue weighted by Gasteiger charge is -2.29. The van der Waals surface area contributed by atoms with E-state index in [2.05, 4.69) is 6.92 Å². The normalized spacial score (nSPS) is 13.0. The molecule has 0 spiro atoms. The molecule has 1 rings (SSSR count). The zero-order valence-corrected chi connectivity index (χ0v) is 17.8. The molecule has 152 valence electrons. The van der Waals surface area contributed by atoms with E-state index < -0.39 is 17.2 Å². The average molecular weight is 379 g/mol. The van der Waals surface area contributed by atoms with Crippen molar-refractivity contribution in [1.82, 2.24) is 0 Å². The number of ether oxygens (including phenoxy) is 3. The lowest BCUT2D eigenvalue weighted by molar-refractivity contribution is -0.171. The first-order valence-electron chi connectivity index (χ1n) is 9.66. The van der Waals surface area contributed by atoms with Gasteiger partial charge in [-0.1, -0.05) is 25.5 Å². The number of rotatable bonds is 9. The van der Waals surface area contributed by atoms with Gasteiger partial charge in [0.05, 0.1) is 12.5 Å². The Morgan fingerprint density at radius 1 is 1.00 bits per heavy atom. The molecule has 0 saturated heterocycles. The smallest absolute Gasteiger partial charge is 0.350 e. The summed E-state index contributed by atoms with van der Waals surface area (Å²) in [5.41, 5.74) is -0.628. The number of carbonyl (C=O) groups excluding carboxylic acids is 2. The predicted octanol–water partition coefficient (Wildman–Crippen LogP) is 4.71. The molecule has 0 heterocycles. The van der Waals surface area contributed by atoms with Crippen molar-refractivity contribution in [2.75, 3.05) is 6.61 Å². The Bertz CT molecular complexity index is 611. The van der Waals surface area contributed by atoms with Crippen LogP contribution in [0.5, 0.6) is 5.75 Å². The molecule has 1 atom stereocenters. The van der Waals surface area contributed by atoms with Gasteiger partial charge in [-0.25, -0.2) is 4.79 Å². The third-order valence-electron chi connectivity index (χ3n) is 3.93. The minimum Gasteiger partial charge on any atom is -0.476 e. The fourth-order valence-corrected chi connectivity index (χ4v) is 2.63. The Hall–Kier alpha value is -2.04. The molecule has 1 unspecified atom stereocenters. The number of hydrogen-bond acceptors (Lipinski definition) is 5. The molecule has 0 fully saturated rings. The Labute approximate surface area is 163 Å². The monoisotopic (exact) mass is 378 g/mol. The van der Waals surface area contributed by atoms with Crippen LogP contribution >= 0.6 is 0 Å². The summed E-state index contributed by atoms with van der Waals surface area (Å²) in [6, 6.07) is 7.47. The third kappa shape index (κ3) is 8.02. The second kappa shape index (κ2) is 9.77. The van der Waals surface area contributed by atoms with E-state index in [9.17, 15) is 9.59 Å². The van der Waals surface area contributed by atoms with Crippen molar-refractivity contribution in [2.45, 2.75) is 78.9 Å². The zero-order valence-electron chi connectivity index (χ0n) is 17.8. The fourth-order valence-electron chi connectivity index (χ4n) is 2.63. The van der Waals surface area contributed by atoms with E-state index in [1.807, 2.05) is 52.0 Å². The molecular weight excluding hydrogens is 344 g/mol. The van der Waals surface area contributed by atoms with Crippen LogP contribution in [0.3, 0.4) is 0 Å². The van der Waals surface area contributed by atoms with Crippen molar-refractivity contribution >= 4 is 11.9 Å². The van der Waals surface area contributed by atoms with Crippen molar-refractivity contribution in [2.24, 2.45) is 5.92 Å². The number of esters is 2. The molecule has 27 heavy (non-hydrogen) atoms. The molecular formula is C22H34O5. The first-order valence-corrected chi connectivity index (χ1v) is 9.66. The summed E-state index contributed by atoms with van der Waals surface area (Å²) in [5.74, 6) is -0.118. The second-order valence-corrected chi connectivity index (χ2v) is 8.20. The molecule has 0 aromatic heterocycles. The van der Waals surface area contributed by atoms with Crippen molar-refractivity contribution in [3.05, 3.63) is 29.8 Å². The van der Waals surface area contributed by atoms with Gasteiger partial charge in [0.2, 0.25) is 0 Å². The summed E-state index contributed by atoms with van der Waals surface area (Å²) < 4.78 is 16.4. The first-order chi connectivity index (χ1) is 12.5. The maximum atomic E-state index is 12.3. The Kier molecular flexibility index (Phi) is 8.32. The third-order valence-corrected chi connectivity index (χ3v) is 3.93. The Morgan fingerprint density at radius 3 is 2.07 bits per heavy atom. The van der Waals surface area contributed by atoms with E-state index >= 15 is 0 Å². The van der Waals surface area contributed by atoms with Gasteiger partial charge < -0.3 is 14.2 Å². The maximum Gasteiger partial charge on any atom is 0.350 e. The van der Waals surface area contributed by atoms with Gasteiger partial charge in [0.25, 0.3) is 0 Å². The van der Waals surface area contributed by atoms with E-state index in [0.29, 0.717) is 18.8 Å². The number of hydrogen-bond donors (Lipinski definition) is 0. The van der Waals surface area contributed by atoms with Crippen molar-refractivity contribution in [3.63, 3.8) is 0 Å². The molecule has 5 heteroatoms. The Morgan fingerprint density at radius 2 is 1.59 bits per heavy atom. The highest BCUT2D eigenvalue weighted by molar-refractivity contribution is 5.79. The van der Waals surface area contributed by atoms with Gasteiger partial charge in [0.1, 0.15) is 11.4 Å². The van der Waals surface area contributed by atoms with Gasteiger partial charge in [-0.3, -0.25) is 4.79 Å². The van der Waals surface area contributed by atoms with E-state index in [0.717, 1.165) is 18.4 Å². The molecule has 0 bridgehead atoms. The highest BCUT2D eigenvalue weighted by Crippen LogP contribution is 2.24. The van der Waals surface area contributed by atoms with Gasteiger partial charge in [0.15, 0.2) is 5.60 Å². The molecule has 1 aromatic rings. The highest BCUT2D eigenvalue weighted by Gasteiger charge is 2.34. The SMILES string of the molecule is CCCC(Cc1ccc(OC(C)(C)C(=O)OC(C)(C)C)cc1)C(=O)OCC. The maximum absolute atomic E-state index is 12.3. The lowest BCUT2D eigenvalue weighted by Crippen LogP contribution is -2.43. The molecule has 0 N–H and O–H groups in total. The van der Waals surface area contributed by atoms with Gasteiger partial charge >= 0.3 is 11.9 Å². The van der Waals surface area contributed by atoms with E-state index in [4.69, 9.17) is 14.2 Å². The van der Waals surface area contributed by atoms with Gasteiger partial charge in [0, 0.05) is 0 Å². The Balaban J connectivity index is 2.77. The van der Waals surface area contributed by atoms with Crippen molar-refractivity contribution in [1.29, 1.82) is 0 Å². The quantitative estimate of drug-likeness (QED) is 0.583. The van der Waals surface area contributed by atoms with E-state index in [1.54, 1.807) is 13.8 Å². The van der Waals surface area contributed by atoms with Crippen molar-refractivity contribution in [3.8, 4) is 5.75 Å². The topological polar surface area (TPSA) is 61.8 Å². The summed E-state index contributed by atoms with van der Waals surface area (Å²) in [5, 5.41) is 0. The molecule has 0 aliphatic heterocycles. The van der Waals surface area contributed by atoms with Gasteiger partial charge in [-0.05, 0) is 72.1 Å². The van der Waals surface area contributed by atoms with E-state index in [1.165, 1.54) is 0 Å². The molecule has 0 amide bonds. The van der Waals surface area contributed by atoms with Crippen LogP contribution in [-0.4, -0.2) is 29.7 Å². The summed E-state index contributed by atoms with van der Waals surface area (Å²) in [4.78, 5) is 24.4. The van der Waals surface area contributed by atoms with Crippen LogP contribution in [0.4, 0.5) is 0 Å². The molecule has 0 saturated carbocycles. The minimum absolute atomic E-state index is 0.139. The molecule has 0 radical (unpaired) electrons. The molecule has 1 aromatic carbocycles. The van der Waals surface area contributed by atoms with Crippen LogP contribution in [0.1, 0.15) is 66.9 Å². The van der Waals surface area contributed by atoms with Crippen LogP contribution < -0.4 is 4.74 Å². The standard InChI is InChI=1S/C22H34O5/c1-8-10-17(19(23)25-9-2)15-16-11-13-18(14-12-16)26-22(6,7)20(24)27-21(3,4)5/h11-14,17H,8-10,15H2,1-7H3. The van der Waals surface area contributed by atoms with Crippen LogP contribution in [-0.2, 0) is 25.5 Å². The van der Waals surface area contributed by atoms with E-state index in [-0.39, 0.29) is 11.9 Å². The van der Waals surface area contributed by atoms with Gasteiger partial charge in [-0.15, -0.1) is 0 Å². The predicted molar refractivity (Wildman–Crippen MR) is 106 cm³/mol. The van der Waals surface area contributed by atoms with Crippen LogP contribution in [0, 0.1) is 5.92 Å². The fraction of sp³-hybridized carbons (Fsp3) is 0.636. The number of carbonyl (C=O) groups is 2. The highest BCUT2D eigenvalue weighted by atomic mass is 16.6. The summed E-state index contributed by atoms with van der Waals surface area (Å²) in [6.07, 6.45) is 2.35. The molecule has 5 nitrogen and oxygen atoms in total.